The van der Waals surface area contributed by atoms with Crippen molar-refractivity contribution < 1.29 is 14.6 Å². The Bertz CT molecular complexity index is 1680. The molecule has 0 unspecified atom stereocenters. The Morgan fingerprint density at radius 2 is 1.74 bits per heavy atom. The molecule has 238 valence electrons. The molecule has 0 spiro atoms. The van der Waals surface area contributed by atoms with Gasteiger partial charge < -0.3 is 19.5 Å². The topological polar surface area (TPSA) is 70.1 Å². The molecule has 0 atom stereocenters. The van der Waals surface area contributed by atoms with Crippen LogP contribution in [-0.2, 0) is 11.3 Å². The van der Waals surface area contributed by atoms with E-state index in [1.54, 1.807) is 18.3 Å². The first kappa shape index (κ1) is 34.3. The highest BCUT2D eigenvalue weighted by atomic mass is 32.1. The molecule has 0 bridgehead atoms. The van der Waals surface area contributed by atoms with Gasteiger partial charge in [0.2, 0.25) is 5.70 Å². The third kappa shape index (κ3) is 9.01. The summed E-state index contributed by atoms with van der Waals surface area (Å²) in [6.45, 7) is 18.0. The third-order valence-corrected chi connectivity index (χ3v) is 8.82. The normalized spacial score (nSPS) is 15.2. The van der Waals surface area contributed by atoms with E-state index in [9.17, 15) is 10.4 Å². The van der Waals surface area contributed by atoms with Gasteiger partial charge in [0.1, 0.15) is 23.7 Å². The number of rotatable bonds is 15. The molecular weight excluding hydrogens is 591 g/mol. The first-order valence-corrected chi connectivity index (χ1v) is 16.7. The summed E-state index contributed by atoms with van der Waals surface area (Å²) in [7, 11) is 0. The molecule has 0 saturated heterocycles. The lowest BCUT2D eigenvalue weighted by Crippen LogP contribution is -2.25. The van der Waals surface area contributed by atoms with E-state index in [-0.39, 0.29) is 6.61 Å². The number of anilines is 1. The fraction of sp³-hybridized carbons (Fsp3) is 0.333. The first-order valence-electron chi connectivity index (χ1n) is 15.8. The van der Waals surface area contributed by atoms with Crippen LogP contribution in [0.1, 0.15) is 74.3 Å². The molecule has 6 nitrogen and oxygen atoms in total. The van der Waals surface area contributed by atoms with Gasteiger partial charge in [-0.1, -0.05) is 49.8 Å². The van der Waals surface area contributed by atoms with Gasteiger partial charge in [0.05, 0.1) is 18.2 Å². The number of aliphatic hydroxyl groups is 1. The predicted octanol–water partition coefficient (Wildman–Crippen LogP) is 9.67. The van der Waals surface area contributed by atoms with Gasteiger partial charge in [0, 0.05) is 52.3 Å². The smallest absolute Gasteiger partial charge is 0.236 e. The second-order valence-electron chi connectivity index (χ2n) is 11.7. The number of unbranched alkanes of at least 4 members (excludes halogenated alkanes) is 2. The second-order valence-corrected chi connectivity index (χ2v) is 12.9. The lowest BCUT2D eigenvalue weighted by atomic mass is 9.97. The van der Waals surface area contributed by atoms with E-state index in [2.05, 4.69) is 77.4 Å². The molecule has 3 aromatic rings. The molecule has 2 aromatic carbocycles. The number of allylic oxidation sites excluding steroid dienone is 1. The number of ether oxygens (including phenoxy) is 2. The Morgan fingerprint density at radius 3 is 2.41 bits per heavy atom. The molecule has 0 saturated carbocycles. The van der Waals surface area contributed by atoms with Crippen molar-refractivity contribution in [1.29, 1.82) is 5.26 Å². The second kappa shape index (κ2) is 16.7. The van der Waals surface area contributed by atoms with Gasteiger partial charge in [-0.05, 0) is 88.1 Å². The number of hydrogen-bond acceptors (Lipinski definition) is 6. The Hall–Kier alpha value is -4.56. The summed E-state index contributed by atoms with van der Waals surface area (Å²) in [5, 5.41) is 18.7. The molecule has 2 heterocycles. The average Bonchev–Trinajstić information content (AvgIpc) is 3.63. The van der Waals surface area contributed by atoms with E-state index in [1.165, 1.54) is 0 Å². The van der Waals surface area contributed by atoms with Gasteiger partial charge in [0.15, 0.2) is 0 Å². The molecule has 1 aromatic heterocycles. The molecule has 0 fully saturated rings. The predicted molar refractivity (Wildman–Crippen MR) is 190 cm³/mol. The Kier molecular flexibility index (Phi) is 12.4. The fourth-order valence-corrected chi connectivity index (χ4v) is 6.01. The van der Waals surface area contributed by atoms with E-state index in [4.69, 9.17) is 16.0 Å². The molecular formula is C39H43N3O3S. The molecule has 0 aliphatic carbocycles. The summed E-state index contributed by atoms with van der Waals surface area (Å²) in [6.07, 6.45) is 12.1. The Balaban J connectivity index is 1.58. The summed E-state index contributed by atoms with van der Waals surface area (Å²) in [5.74, 6) is 1.20. The number of nitriles is 1. The quantitative estimate of drug-likeness (QED) is 0.103. The Morgan fingerprint density at radius 1 is 1.02 bits per heavy atom. The highest BCUT2D eigenvalue weighted by molar-refractivity contribution is 7.13. The minimum absolute atomic E-state index is 0.212. The van der Waals surface area contributed by atoms with Crippen LogP contribution in [0.3, 0.4) is 0 Å². The van der Waals surface area contributed by atoms with Crippen molar-refractivity contribution in [3.63, 3.8) is 0 Å². The lowest BCUT2D eigenvalue weighted by Gasteiger charge is -2.26. The Labute approximate surface area is 278 Å². The van der Waals surface area contributed by atoms with Crippen LogP contribution < -0.4 is 9.64 Å². The molecule has 1 aliphatic heterocycles. The minimum Gasteiger partial charge on any atom is -0.494 e. The number of benzene rings is 2. The third-order valence-electron chi connectivity index (χ3n) is 7.80. The van der Waals surface area contributed by atoms with Gasteiger partial charge >= 0.3 is 0 Å². The average molecular weight is 634 g/mol. The van der Waals surface area contributed by atoms with Gasteiger partial charge in [-0.3, -0.25) is 0 Å². The van der Waals surface area contributed by atoms with Crippen LogP contribution in [-0.4, -0.2) is 30.4 Å². The van der Waals surface area contributed by atoms with Crippen LogP contribution in [0.2, 0.25) is 0 Å². The fourth-order valence-electron chi connectivity index (χ4n) is 5.20. The van der Waals surface area contributed by atoms with Crippen molar-refractivity contribution in [3.8, 4) is 11.8 Å². The summed E-state index contributed by atoms with van der Waals surface area (Å²) in [6, 6.07) is 22.9. The van der Waals surface area contributed by atoms with Crippen LogP contribution in [0, 0.1) is 17.9 Å². The zero-order valence-corrected chi connectivity index (χ0v) is 28.1. The SMILES string of the molecule is [C-]#[N+]C1=C(/C=C/c2ccc(/C=C/c3ccc(N(CCCC)CCCCO)cc3OCc3ccccc3)s2)C(C)(C)O/C1=C(\C)C#N. The summed E-state index contributed by atoms with van der Waals surface area (Å²) >= 11 is 1.65. The van der Waals surface area contributed by atoms with E-state index < -0.39 is 5.60 Å². The molecule has 0 radical (unpaired) electrons. The van der Waals surface area contributed by atoms with Gasteiger partial charge in [-0.25, -0.2) is 4.85 Å². The van der Waals surface area contributed by atoms with Crippen molar-refractivity contribution in [3.05, 3.63) is 122 Å². The number of thiophene rings is 1. The number of nitrogens with zero attached hydrogens (tertiary/aromatic N) is 3. The largest absolute Gasteiger partial charge is 0.494 e. The highest BCUT2D eigenvalue weighted by Crippen LogP contribution is 2.41. The summed E-state index contributed by atoms with van der Waals surface area (Å²) in [5.41, 5.74) is 4.11. The monoisotopic (exact) mass is 633 g/mol. The van der Waals surface area contributed by atoms with Crippen LogP contribution in [0.5, 0.6) is 5.75 Å². The van der Waals surface area contributed by atoms with E-state index in [0.717, 1.165) is 76.7 Å². The lowest BCUT2D eigenvalue weighted by molar-refractivity contribution is 0.0948. The van der Waals surface area contributed by atoms with Crippen LogP contribution in [0.4, 0.5) is 5.69 Å². The van der Waals surface area contributed by atoms with Gasteiger partial charge in [-0.2, -0.15) is 5.26 Å². The maximum Gasteiger partial charge on any atom is 0.236 e. The molecule has 1 aliphatic rings. The highest BCUT2D eigenvalue weighted by Gasteiger charge is 2.37. The molecule has 7 heteroatoms. The van der Waals surface area contributed by atoms with Crippen LogP contribution in [0.15, 0.2) is 89.3 Å². The van der Waals surface area contributed by atoms with Crippen molar-refractivity contribution in [1.82, 2.24) is 0 Å². The number of aliphatic hydroxyl groups excluding tert-OH is 1. The summed E-state index contributed by atoms with van der Waals surface area (Å²) in [4.78, 5) is 8.23. The molecule has 4 rings (SSSR count). The van der Waals surface area contributed by atoms with Crippen molar-refractivity contribution in [2.45, 2.75) is 65.6 Å². The van der Waals surface area contributed by atoms with E-state index in [1.807, 2.05) is 44.2 Å². The van der Waals surface area contributed by atoms with Crippen LogP contribution in [0.25, 0.3) is 23.1 Å². The first-order chi connectivity index (χ1) is 22.3. The standard InChI is InChI=1S/C39H43N3O3S/c1-6-7-23-42(24-11-12-25-43)32-17-15-31(36(26-32)44-28-30-13-9-8-10-14-30)16-18-33-19-20-34(46-33)21-22-35-37(41-5)38(29(2)27-40)45-39(35,3)4/h8-10,13-22,26,43H,6-7,11-12,23-25,28H2,1-4H3/b18-16+,22-21+,38-29+. The van der Waals surface area contributed by atoms with E-state index >= 15 is 0 Å². The zero-order chi connectivity index (χ0) is 32.9. The van der Waals surface area contributed by atoms with Gasteiger partial charge in [-0.15, -0.1) is 11.3 Å². The van der Waals surface area contributed by atoms with Crippen LogP contribution >= 0.6 is 11.3 Å². The van der Waals surface area contributed by atoms with Crippen molar-refractivity contribution in [2.75, 3.05) is 24.6 Å². The van der Waals surface area contributed by atoms with Crippen molar-refractivity contribution in [2.24, 2.45) is 0 Å². The van der Waals surface area contributed by atoms with Crippen molar-refractivity contribution >= 4 is 35.3 Å². The maximum absolute atomic E-state index is 9.36. The number of hydrogen-bond donors (Lipinski definition) is 1. The summed E-state index contributed by atoms with van der Waals surface area (Å²) < 4.78 is 12.4. The maximum atomic E-state index is 9.36. The van der Waals surface area contributed by atoms with E-state index in [0.29, 0.717) is 23.6 Å². The molecule has 46 heavy (non-hydrogen) atoms. The molecule has 0 amide bonds. The zero-order valence-electron chi connectivity index (χ0n) is 27.3. The molecule has 1 N–H and O–H groups in total. The van der Waals surface area contributed by atoms with Gasteiger partial charge in [0.25, 0.3) is 0 Å². The minimum atomic E-state index is -0.697.